The summed E-state index contributed by atoms with van der Waals surface area (Å²) in [7, 11) is 1.72. The largest absolute Gasteiger partial charge is 0.372 e. The van der Waals surface area contributed by atoms with Gasteiger partial charge in [-0.1, -0.05) is 23.2 Å². The third-order valence-electron chi connectivity index (χ3n) is 2.65. The number of nitrogens with zero attached hydrogens (tertiary/aromatic N) is 2. The van der Waals surface area contributed by atoms with Crippen molar-refractivity contribution in [1.82, 2.24) is 10.2 Å². The normalized spacial score (nSPS) is 10.2. The Balaban J connectivity index is 2.20. The molecular weight excluding hydrogens is 299 g/mol. The van der Waals surface area contributed by atoms with Crippen molar-refractivity contribution in [2.75, 3.05) is 17.7 Å². The van der Waals surface area contributed by atoms with Gasteiger partial charge < -0.3 is 10.6 Å². The van der Waals surface area contributed by atoms with Gasteiger partial charge in [-0.25, -0.2) is 0 Å². The van der Waals surface area contributed by atoms with Crippen LogP contribution in [0, 0.1) is 6.92 Å². The van der Waals surface area contributed by atoms with Gasteiger partial charge in [-0.05, 0) is 36.8 Å². The molecule has 0 atom stereocenters. The van der Waals surface area contributed by atoms with Gasteiger partial charge in [-0.2, -0.15) is 0 Å². The lowest BCUT2D eigenvalue weighted by Crippen LogP contribution is -2.15. The van der Waals surface area contributed by atoms with Crippen molar-refractivity contribution in [3.05, 3.63) is 45.6 Å². The maximum atomic E-state index is 12.0. The minimum Gasteiger partial charge on any atom is -0.372 e. The standard InChI is InChI=1S/C13H12Cl2N4O/c1-7-5-9(15)11(6-8(7)14)17-13(20)10-3-4-12(16-2)19-18-10/h3-6H,1-2H3,(H,16,19)(H,17,20). The Hall–Kier alpha value is -1.85. The van der Waals surface area contributed by atoms with Crippen LogP contribution < -0.4 is 10.6 Å². The lowest BCUT2D eigenvalue weighted by Gasteiger charge is -2.09. The highest BCUT2D eigenvalue weighted by Gasteiger charge is 2.12. The van der Waals surface area contributed by atoms with Crippen LogP contribution in [-0.4, -0.2) is 23.2 Å². The molecule has 0 spiro atoms. The molecule has 0 saturated heterocycles. The van der Waals surface area contributed by atoms with E-state index in [-0.39, 0.29) is 5.69 Å². The lowest BCUT2D eigenvalue weighted by molar-refractivity contribution is 0.102. The number of hydrogen-bond acceptors (Lipinski definition) is 4. The number of benzene rings is 1. The van der Waals surface area contributed by atoms with E-state index < -0.39 is 5.91 Å². The molecule has 1 amide bonds. The fourth-order valence-corrected chi connectivity index (χ4v) is 1.94. The SMILES string of the molecule is CNc1ccc(C(=O)Nc2cc(Cl)c(C)cc2Cl)nn1. The van der Waals surface area contributed by atoms with E-state index in [1.165, 1.54) is 0 Å². The van der Waals surface area contributed by atoms with E-state index in [4.69, 9.17) is 23.2 Å². The number of carbonyl (C=O) groups is 1. The highest BCUT2D eigenvalue weighted by atomic mass is 35.5. The van der Waals surface area contributed by atoms with Crippen LogP contribution in [0.1, 0.15) is 16.1 Å². The van der Waals surface area contributed by atoms with Crippen LogP contribution in [0.3, 0.4) is 0 Å². The van der Waals surface area contributed by atoms with Crippen molar-refractivity contribution < 1.29 is 4.79 Å². The molecule has 2 N–H and O–H groups in total. The first kappa shape index (κ1) is 14.6. The Kier molecular flexibility index (Phi) is 4.42. The zero-order chi connectivity index (χ0) is 14.7. The lowest BCUT2D eigenvalue weighted by atomic mass is 10.2. The van der Waals surface area contributed by atoms with E-state index in [2.05, 4.69) is 20.8 Å². The second kappa shape index (κ2) is 6.07. The molecule has 0 bridgehead atoms. The molecule has 2 aromatic rings. The highest BCUT2D eigenvalue weighted by Crippen LogP contribution is 2.29. The third-order valence-corrected chi connectivity index (χ3v) is 3.37. The molecule has 0 aliphatic carbocycles. The zero-order valence-corrected chi connectivity index (χ0v) is 12.4. The molecule has 0 fully saturated rings. The van der Waals surface area contributed by atoms with Crippen molar-refractivity contribution in [2.24, 2.45) is 0 Å². The summed E-state index contributed by atoms with van der Waals surface area (Å²) in [6.45, 7) is 1.84. The smallest absolute Gasteiger partial charge is 0.276 e. The Morgan fingerprint density at radius 3 is 2.50 bits per heavy atom. The van der Waals surface area contributed by atoms with Gasteiger partial charge in [0.25, 0.3) is 5.91 Å². The van der Waals surface area contributed by atoms with Gasteiger partial charge in [0.2, 0.25) is 0 Å². The summed E-state index contributed by atoms with van der Waals surface area (Å²) in [6.07, 6.45) is 0. The molecule has 0 unspecified atom stereocenters. The van der Waals surface area contributed by atoms with Crippen molar-refractivity contribution >= 4 is 40.6 Å². The van der Waals surface area contributed by atoms with Gasteiger partial charge in [-0.3, -0.25) is 4.79 Å². The molecule has 5 nitrogen and oxygen atoms in total. The van der Waals surface area contributed by atoms with Crippen molar-refractivity contribution in [2.45, 2.75) is 6.92 Å². The van der Waals surface area contributed by atoms with Crippen molar-refractivity contribution in [3.8, 4) is 0 Å². The van der Waals surface area contributed by atoms with Gasteiger partial charge in [0.15, 0.2) is 5.69 Å². The summed E-state index contributed by atoms with van der Waals surface area (Å²) in [6, 6.07) is 6.52. The van der Waals surface area contributed by atoms with Gasteiger partial charge in [0.05, 0.1) is 10.7 Å². The summed E-state index contributed by atoms with van der Waals surface area (Å²) >= 11 is 12.1. The minimum atomic E-state index is -0.401. The summed E-state index contributed by atoms with van der Waals surface area (Å²) in [5.74, 6) is 0.180. The number of amides is 1. The second-order valence-electron chi connectivity index (χ2n) is 4.09. The van der Waals surface area contributed by atoms with Crippen LogP contribution in [0.5, 0.6) is 0 Å². The van der Waals surface area contributed by atoms with Gasteiger partial charge in [-0.15, -0.1) is 10.2 Å². The number of rotatable bonds is 3. The van der Waals surface area contributed by atoms with Crippen LogP contribution in [-0.2, 0) is 0 Å². The van der Waals surface area contributed by atoms with Crippen LogP contribution in [0.4, 0.5) is 11.5 Å². The molecule has 1 aromatic carbocycles. The quantitative estimate of drug-likeness (QED) is 0.912. The van der Waals surface area contributed by atoms with E-state index >= 15 is 0 Å². The third kappa shape index (κ3) is 3.18. The number of carbonyl (C=O) groups excluding carboxylic acids is 1. The monoisotopic (exact) mass is 310 g/mol. The van der Waals surface area contributed by atoms with Gasteiger partial charge >= 0.3 is 0 Å². The molecule has 1 heterocycles. The molecule has 0 aliphatic rings. The first-order chi connectivity index (χ1) is 9.51. The predicted molar refractivity (Wildman–Crippen MR) is 80.7 cm³/mol. The van der Waals surface area contributed by atoms with E-state index in [1.54, 1.807) is 31.3 Å². The molecule has 20 heavy (non-hydrogen) atoms. The summed E-state index contributed by atoms with van der Waals surface area (Å²) in [5.41, 5.74) is 1.47. The molecule has 104 valence electrons. The molecule has 0 saturated carbocycles. The Bertz CT molecular complexity index is 644. The number of aromatic nitrogens is 2. The van der Waals surface area contributed by atoms with Gasteiger partial charge in [0.1, 0.15) is 5.82 Å². The topological polar surface area (TPSA) is 66.9 Å². The molecule has 1 aromatic heterocycles. The zero-order valence-electron chi connectivity index (χ0n) is 10.9. The highest BCUT2D eigenvalue weighted by molar-refractivity contribution is 6.36. The van der Waals surface area contributed by atoms with E-state index in [1.807, 2.05) is 6.92 Å². The molecule has 0 aliphatic heterocycles. The molecule has 2 rings (SSSR count). The average molecular weight is 311 g/mol. The predicted octanol–water partition coefficient (Wildman–Crippen LogP) is 3.39. The van der Waals surface area contributed by atoms with E-state index in [0.29, 0.717) is 21.6 Å². The van der Waals surface area contributed by atoms with Crippen molar-refractivity contribution in [1.29, 1.82) is 0 Å². The fraction of sp³-hybridized carbons (Fsp3) is 0.154. The molecule has 7 heteroatoms. The Morgan fingerprint density at radius 1 is 1.15 bits per heavy atom. The number of aryl methyl sites for hydroxylation is 1. The van der Waals surface area contributed by atoms with Gasteiger partial charge in [0, 0.05) is 12.1 Å². The summed E-state index contributed by atoms with van der Waals surface area (Å²) in [5, 5.41) is 14.1. The first-order valence-corrected chi connectivity index (χ1v) is 6.55. The van der Waals surface area contributed by atoms with Crippen LogP contribution >= 0.6 is 23.2 Å². The average Bonchev–Trinajstić information content (AvgIpc) is 2.44. The maximum Gasteiger partial charge on any atom is 0.276 e. The number of anilines is 2. The number of halogens is 2. The van der Waals surface area contributed by atoms with E-state index in [0.717, 1.165) is 5.56 Å². The molecule has 0 radical (unpaired) electrons. The van der Waals surface area contributed by atoms with Crippen LogP contribution in [0.25, 0.3) is 0 Å². The van der Waals surface area contributed by atoms with Crippen molar-refractivity contribution in [3.63, 3.8) is 0 Å². The number of nitrogens with one attached hydrogen (secondary N) is 2. The van der Waals surface area contributed by atoms with Crippen LogP contribution in [0.15, 0.2) is 24.3 Å². The summed E-state index contributed by atoms with van der Waals surface area (Å²) < 4.78 is 0. The number of hydrogen-bond donors (Lipinski definition) is 2. The fourth-order valence-electron chi connectivity index (χ4n) is 1.52. The molecular formula is C13H12Cl2N4O. The Morgan fingerprint density at radius 2 is 1.90 bits per heavy atom. The maximum absolute atomic E-state index is 12.0. The Labute approximate surface area is 126 Å². The van der Waals surface area contributed by atoms with E-state index in [9.17, 15) is 4.79 Å². The first-order valence-electron chi connectivity index (χ1n) is 5.79. The second-order valence-corrected chi connectivity index (χ2v) is 4.90. The minimum absolute atomic E-state index is 0.191. The summed E-state index contributed by atoms with van der Waals surface area (Å²) in [4.78, 5) is 12.0. The van der Waals surface area contributed by atoms with Crippen LogP contribution in [0.2, 0.25) is 10.0 Å².